The average Bonchev–Trinajstić information content (AvgIpc) is 2.77. The molecule has 0 aromatic heterocycles. The molecule has 2 N–H and O–H groups in total. The highest BCUT2D eigenvalue weighted by molar-refractivity contribution is 5.34. The fourth-order valence-electron chi connectivity index (χ4n) is 3.41. The molecule has 0 aliphatic heterocycles. The average molecular weight is 406 g/mol. The van der Waals surface area contributed by atoms with Crippen molar-refractivity contribution in [1.82, 2.24) is 5.32 Å². The number of rotatable bonds is 10. The van der Waals surface area contributed by atoms with Gasteiger partial charge in [0.05, 0.1) is 13.2 Å². The number of hydrogen-bond donors (Lipinski definition) is 2. The Kier molecular flexibility index (Phi) is 7.50. The summed E-state index contributed by atoms with van der Waals surface area (Å²) < 4.78 is 11.3. The second-order valence-electron chi connectivity index (χ2n) is 8.11. The quantitative estimate of drug-likeness (QED) is 0.503. The zero-order valence-electron chi connectivity index (χ0n) is 18.0. The van der Waals surface area contributed by atoms with Gasteiger partial charge in [0.2, 0.25) is 0 Å². The lowest BCUT2D eigenvalue weighted by Gasteiger charge is -2.28. The van der Waals surface area contributed by atoms with Crippen LogP contribution < -0.4 is 14.8 Å². The Morgan fingerprint density at radius 1 is 0.900 bits per heavy atom. The van der Waals surface area contributed by atoms with Crippen molar-refractivity contribution >= 4 is 0 Å². The van der Waals surface area contributed by atoms with Gasteiger partial charge < -0.3 is 19.9 Å². The number of nitrogens with one attached hydrogen (secondary N) is 1. The normalized spacial score (nSPS) is 12.4. The third-order valence-electron chi connectivity index (χ3n) is 5.11. The van der Waals surface area contributed by atoms with E-state index in [0.717, 1.165) is 34.6 Å². The summed E-state index contributed by atoms with van der Waals surface area (Å²) in [5.74, 6) is 1.68. The van der Waals surface area contributed by atoms with Crippen molar-refractivity contribution in [3.05, 3.63) is 95.6 Å². The molecule has 0 saturated heterocycles. The van der Waals surface area contributed by atoms with Crippen LogP contribution in [0.15, 0.2) is 78.9 Å². The van der Waals surface area contributed by atoms with Crippen molar-refractivity contribution < 1.29 is 14.6 Å². The lowest BCUT2D eigenvalue weighted by Crippen LogP contribution is -2.43. The van der Waals surface area contributed by atoms with Gasteiger partial charge in [0, 0.05) is 12.1 Å². The van der Waals surface area contributed by atoms with E-state index in [2.05, 4.69) is 25.2 Å². The van der Waals surface area contributed by atoms with Gasteiger partial charge in [0.25, 0.3) is 0 Å². The van der Waals surface area contributed by atoms with E-state index in [4.69, 9.17) is 9.47 Å². The highest BCUT2D eigenvalue weighted by atomic mass is 16.5. The molecule has 3 rings (SSSR count). The Balaban J connectivity index is 1.51. The Morgan fingerprint density at radius 2 is 1.57 bits per heavy atom. The smallest absolute Gasteiger partial charge is 0.122 e. The number of methoxy groups -OCH3 is 1. The third-order valence-corrected chi connectivity index (χ3v) is 5.11. The molecule has 0 radical (unpaired) electrons. The Hall–Kier alpha value is -2.82. The molecular formula is C26H31NO3. The van der Waals surface area contributed by atoms with Crippen LogP contribution in [0.5, 0.6) is 11.5 Å². The molecule has 0 spiro atoms. The minimum absolute atomic E-state index is 0.186. The van der Waals surface area contributed by atoms with Crippen molar-refractivity contribution in [2.24, 2.45) is 0 Å². The standard InChI is InChI=1S/C26H31NO3/c1-26(2,17-22-11-7-8-12-25(22)29-3)27-18-24(28)21-13-15-23(16-14-21)30-19-20-9-5-4-6-10-20/h4-16,24,27-28H,17-19H2,1-3H3. The molecule has 4 nitrogen and oxygen atoms in total. The van der Waals surface area contributed by atoms with Crippen molar-refractivity contribution in [3.8, 4) is 11.5 Å². The molecule has 1 unspecified atom stereocenters. The molecule has 0 fully saturated rings. The first-order chi connectivity index (χ1) is 14.5. The molecule has 0 heterocycles. The number of aliphatic hydroxyl groups is 1. The molecule has 158 valence electrons. The van der Waals surface area contributed by atoms with Crippen LogP contribution in [0.4, 0.5) is 0 Å². The fourth-order valence-corrected chi connectivity index (χ4v) is 3.41. The number of ether oxygens (including phenoxy) is 2. The molecular weight excluding hydrogens is 374 g/mol. The predicted molar refractivity (Wildman–Crippen MR) is 121 cm³/mol. The van der Waals surface area contributed by atoms with Crippen LogP contribution in [0.2, 0.25) is 0 Å². The van der Waals surface area contributed by atoms with Crippen LogP contribution in [-0.4, -0.2) is 24.3 Å². The van der Waals surface area contributed by atoms with Crippen molar-refractivity contribution in [3.63, 3.8) is 0 Å². The first kappa shape index (κ1) is 21.9. The second-order valence-corrected chi connectivity index (χ2v) is 8.11. The van der Waals surface area contributed by atoms with Gasteiger partial charge in [-0.2, -0.15) is 0 Å². The summed E-state index contributed by atoms with van der Waals surface area (Å²) in [6.45, 7) is 5.26. The van der Waals surface area contributed by atoms with E-state index in [1.54, 1.807) is 7.11 Å². The van der Waals surface area contributed by atoms with Crippen LogP contribution >= 0.6 is 0 Å². The summed E-state index contributed by atoms with van der Waals surface area (Å²) in [4.78, 5) is 0. The molecule has 0 aliphatic carbocycles. The third kappa shape index (κ3) is 6.34. The molecule has 1 atom stereocenters. The van der Waals surface area contributed by atoms with E-state index >= 15 is 0 Å². The second kappa shape index (κ2) is 10.3. The maximum absolute atomic E-state index is 10.6. The highest BCUT2D eigenvalue weighted by Gasteiger charge is 2.21. The van der Waals surface area contributed by atoms with Gasteiger partial charge in [0.1, 0.15) is 18.1 Å². The van der Waals surface area contributed by atoms with E-state index in [0.29, 0.717) is 13.2 Å². The zero-order chi connectivity index (χ0) is 21.4. The zero-order valence-corrected chi connectivity index (χ0v) is 18.0. The SMILES string of the molecule is COc1ccccc1CC(C)(C)NCC(O)c1ccc(OCc2ccccc2)cc1. The maximum atomic E-state index is 10.6. The molecule has 0 saturated carbocycles. The topological polar surface area (TPSA) is 50.7 Å². The van der Waals surface area contributed by atoms with Gasteiger partial charge in [-0.3, -0.25) is 0 Å². The number of β-amino-alcohol motifs (C(OH)–C–C–N with tert-alkyl or cyclic N) is 1. The molecule has 0 aliphatic rings. The minimum Gasteiger partial charge on any atom is -0.496 e. The first-order valence-corrected chi connectivity index (χ1v) is 10.3. The number of hydrogen-bond acceptors (Lipinski definition) is 4. The summed E-state index contributed by atoms with van der Waals surface area (Å²) in [5.41, 5.74) is 2.95. The minimum atomic E-state index is -0.592. The van der Waals surface area contributed by atoms with Gasteiger partial charge in [-0.15, -0.1) is 0 Å². The van der Waals surface area contributed by atoms with Gasteiger partial charge in [0.15, 0.2) is 0 Å². The van der Waals surface area contributed by atoms with E-state index in [9.17, 15) is 5.11 Å². The maximum Gasteiger partial charge on any atom is 0.122 e. The van der Waals surface area contributed by atoms with Crippen molar-refractivity contribution in [2.45, 2.75) is 38.5 Å². The summed E-state index contributed by atoms with van der Waals surface area (Å²) >= 11 is 0. The van der Waals surface area contributed by atoms with Crippen LogP contribution in [0, 0.1) is 0 Å². The Labute approximate surface area is 179 Å². The van der Waals surface area contributed by atoms with E-state index in [-0.39, 0.29) is 5.54 Å². The summed E-state index contributed by atoms with van der Waals surface area (Å²) in [6, 6.07) is 25.8. The van der Waals surface area contributed by atoms with Gasteiger partial charge in [-0.05, 0) is 55.2 Å². The molecule has 30 heavy (non-hydrogen) atoms. The Bertz CT molecular complexity index is 907. The summed E-state index contributed by atoms with van der Waals surface area (Å²) in [5, 5.41) is 14.1. The van der Waals surface area contributed by atoms with Crippen LogP contribution in [0.3, 0.4) is 0 Å². The number of benzene rings is 3. The molecule has 3 aromatic carbocycles. The van der Waals surface area contributed by atoms with Crippen LogP contribution in [0.1, 0.15) is 36.6 Å². The molecule has 0 bridgehead atoms. The van der Waals surface area contributed by atoms with Gasteiger partial charge >= 0.3 is 0 Å². The van der Waals surface area contributed by atoms with Crippen molar-refractivity contribution in [1.29, 1.82) is 0 Å². The first-order valence-electron chi connectivity index (χ1n) is 10.3. The van der Waals surface area contributed by atoms with E-state index in [1.165, 1.54) is 0 Å². The predicted octanol–water partition coefficient (Wildman–Crippen LogP) is 4.92. The van der Waals surface area contributed by atoms with Gasteiger partial charge in [-0.1, -0.05) is 60.7 Å². The molecule has 3 aromatic rings. The highest BCUT2D eigenvalue weighted by Crippen LogP contribution is 2.24. The number of para-hydroxylation sites is 1. The number of aliphatic hydroxyl groups excluding tert-OH is 1. The van der Waals surface area contributed by atoms with Crippen LogP contribution in [0.25, 0.3) is 0 Å². The van der Waals surface area contributed by atoms with Crippen LogP contribution in [-0.2, 0) is 13.0 Å². The lowest BCUT2D eigenvalue weighted by molar-refractivity contribution is 0.160. The fraction of sp³-hybridized carbons (Fsp3) is 0.308. The lowest BCUT2D eigenvalue weighted by atomic mass is 9.94. The van der Waals surface area contributed by atoms with E-state index in [1.807, 2.05) is 72.8 Å². The van der Waals surface area contributed by atoms with Gasteiger partial charge in [-0.25, -0.2) is 0 Å². The summed E-state index contributed by atoms with van der Waals surface area (Å²) in [6.07, 6.45) is 0.209. The van der Waals surface area contributed by atoms with Crippen molar-refractivity contribution in [2.75, 3.05) is 13.7 Å². The largest absolute Gasteiger partial charge is 0.496 e. The van der Waals surface area contributed by atoms with E-state index < -0.39 is 6.10 Å². The summed E-state index contributed by atoms with van der Waals surface area (Å²) in [7, 11) is 1.69. The monoisotopic (exact) mass is 405 g/mol. The Morgan fingerprint density at radius 3 is 2.27 bits per heavy atom. The molecule has 4 heteroatoms. The molecule has 0 amide bonds.